The zero-order valence-corrected chi connectivity index (χ0v) is 26.4. The highest BCUT2D eigenvalue weighted by molar-refractivity contribution is 6.39. The lowest BCUT2D eigenvalue weighted by molar-refractivity contribution is -0.152. The van der Waals surface area contributed by atoms with Crippen LogP contribution < -0.4 is 21.9 Å². The molecule has 0 aliphatic carbocycles. The van der Waals surface area contributed by atoms with Crippen LogP contribution in [-0.2, 0) is 34.3 Å². The zero-order valence-electron chi connectivity index (χ0n) is 24.9. The fourth-order valence-electron chi connectivity index (χ4n) is 4.82. The van der Waals surface area contributed by atoms with Crippen molar-refractivity contribution in [1.29, 1.82) is 0 Å². The predicted octanol–water partition coefficient (Wildman–Crippen LogP) is 4.02. The minimum Gasteiger partial charge on any atom is -0.459 e. The molecule has 232 valence electrons. The van der Waals surface area contributed by atoms with Crippen LogP contribution in [0.1, 0.15) is 35.3 Å². The number of ether oxygens (including phenoxy) is 2. The number of rotatable bonds is 12. The van der Waals surface area contributed by atoms with E-state index < -0.39 is 35.3 Å². The Morgan fingerprint density at radius 1 is 0.977 bits per heavy atom. The van der Waals surface area contributed by atoms with Crippen LogP contribution in [0.4, 0.5) is 0 Å². The van der Waals surface area contributed by atoms with Crippen LogP contribution in [0, 0.1) is 0 Å². The molecule has 0 fully saturated rings. The van der Waals surface area contributed by atoms with E-state index in [1.807, 2.05) is 13.0 Å². The number of carbonyl (C=O) groups is 2. The second-order valence-electron chi connectivity index (χ2n) is 10.3. The Hall–Kier alpha value is -3.96. The summed E-state index contributed by atoms with van der Waals surface area (Å²) in [4.78, 5) is 53.1. The molecule has 4 aromatic rings. The van der Waals surface area contributed by atoms with E-state index in [2.05, 4.69) is 10.6 Å². The van der Waals surface area contributed by atoms with Crippen LogP contribution in [0.5, 0.6) is 0 Å². The first-order valence-corrected chi connectivity index (χ1v) is 14.8. The summed E-state index contributed by atoms with van der Waals surface area (Å²) in [6.07, 6.45) is -0.516. The summed E-state index contributed by atoms with van der Waals surface area (Å²) in [7, 11) is 3.11. The van der Waals surface area contributed by atoms with E-state index in [1.165, 1.54) is 23.8 Å². The molecule has 1 heterocycles. The van der Waals surface area contributed by atoms with Gasteiger partial charge in [0, 0.05) is 27.1 Å². The minimum absolute atomic E-state index is 0.0362. The summed E-state index contributed by atoms with van der Waals surface area (Å²) < 4.78 is 13.1. The first-order chi connectivity index (χ1) is 21.0. The number of nitrogens with one attached hydrogen (secondary N) is 2. The van der Waals surface area contributed by atoms with Crippen LogP contribution in [0.15, 0.2) is 70.3 Å². The third-order valence-electron chi connectivity index (χ3n) is 7.05. The first kappa shape index (κ1) is 32.9. The van der Waals surface area contributed by atoms with Crippen molar-refractivity contribution < 1.29 is 19.1 Å². The standard InChI is InChI=1S/C32H34Cl2N4O6/c1-5-35-17-21-11-14-27-23(15-21)30(40)38(32(42)37(27)3)22-12-9-20(10-13-22)16-26(31(41)44-19(2)18-43-4)36-29(39)28-24(33)7-6-8-25(28)34/h6-15,19,26,35H,5,16-18H2,1-4H3,(H,36,39)/t19?,26-/m0/s1. The summed E-state index contributed by atoms with van der Waals surface area (Å²) in [6.45, 7) is 5.21. The van der Waals surface area contributed by atoms with Crippen molar-refractivity contribution in [3.05, 3.63) is 108 Å². The van der Waals surface area contributed by atoms with Crippen molar-refractivity contribution in [1.82, 2.24) is 19.8 Å². The van der Waals surface area contributed by atoms with Crippen molar-refractivity contribution in [2.75, 3.05) is 20.3 Å². The second-order valence-corrected chi connectivity index (χ2v) is 11.1. The lowest BCUT2D eigenvalue weighted by atomic mass is 10.0. The minimum atomic E-state index is -1.11. The van der Waals surface area contributed by atoms with Crippen molar-refractivity contribution >= 4 is 46.0 Å². The molecule has 0 bridgehead atoms. The number of carbonyl (C=O) groups excluding carboxylic acids is 2. The van der Waals surface area contributed by atoms with E-state index in [0.29, 0.717) is 28.7 Å². The van der Waals surface area contributed by atoms with Crippen molar-refractivity contribution in [2.45, 2.75) is 39.0 Å². The van der Waals surface area contributed by atoms with Crippen molar-refractivity contribution in [3.63, 3.8) is 0 Å². The quantitative estimate of drug-likeness (QED) is 0.224. The Kier molecular flexibility index (Phi) is 11.0. The highest BCUT2D eigenvalue weighted by Gasteiger charge is 2.27. The Bertz CT molecular complexity index is 1760. The molecule has 0 aliphatic rings. The van der Waals surface area contributed by atoms with Gasteiger partial charge < -0.3 is 20.1 Å². The molecule has 2 N–H and O–H groups in total. The molecule has 10 nitrogen and oxygen atoms in total. The largest absolute Gasteiger partial charge is 0.459 e. The first-order valence-electron chi connectivity index (χ1n) is 14.0. The molecule has 2 atom stereocenters. The number of hydrogen-bond donors (Lipinski definition) is 2. The maximum Gasteiger partial charge on any atom is 0.335 e. The third kappa shape index (κ3) is 7.39. The molecule has 4 rings (SSSR count). The number of aryl methyl sites for hydroxylation is 1. The van der Waals surface area contributed by atoms with Crippen LogP contribution in [0.2, 0.25) is 10.0 Å². The molecule has 0 saturated heterocycles. The Balaban J connectivity index is 1.65. The fourth-order valence-corrected chi connectivity index (χ4v) is 5.39. The number of fused-ring (bicyclic) bond motifs is 1. The van der Waals surface area contributed by atoms with E-state index in [0.717, 1.165) is 16.7 Å². The predicted molar refractivity (Wildman–Crippen MR) is 171 cm³/mol. The lowest BCUT2D eigenvalue weighted by Crippen LogP contribution is -2.44. The number of esters is 1. The van der Waals surface area contributed by atoms with Gasteiger partial charge in [-0.15, -0.1) is 0 Å². The fraction of sp³-hybridized carbons (Fsp3) is 0.312. The summed E-state index contributed by atoms with van der Waals surface area (Å²) in [5, 5.41) is 6.61. The molecule has 0 radical (unpaired) electrons. The second kappa shape index (κ2) is 14.7. The summed E-state index contributed by atoms with van der Waals surface area (Å²) in [5.74, 6) is -1.32. The number of hydrogen-bond acceptors (Lipinski definition) is 7. The smallest absolute Gasteiger partial charge is 0.335 e. The number of methoxy groups -OCH3 is 1. The Morgan fingerprint density at radius 2 is 1.64 bits per heavy atom. The average molecular weight is 642 g/mol. The maximum absolute atomic E-state index is 13.5. The SMILES string of the molecule is CCNCc1ccc2c(c1)c(=O)n(-c1ccc(C[C@H](NC(=O)c3c(Cl)cccc3Cl)C(=O)OC(C)COC)cc1)c(=O)n2C. The van der Waals surface area contributed by atoms with Crippen LogP contribution in [-0.4, -0.2) is 53.4 Å². The van der Waals surface area contributed by atoms with Gasteiger partial charge in [0.25, 0.3) is 11.5 Å². The molecular formula is C32H34Cl2N4O6. The molecule has 0 spiro atoms. The van der Waals surface area contributed by atoms with Gasteiger partial charge in [-0.3, -0.25) is 14.2 Å². The molecule has 1 unspecified atom stereocenters. The summed E-state index contributed by atoms with van der Waals surface area (Å²) in [6, 6.07) is 15.6. The Labute approximate surface area is 264 Å². The number of benzene rings is 3. The van der Waals surface area contributed by atoms with E-state index >= 15 is 0 Å². The number of halogens is 2. The van der Waals surface area contributed by atoms with E-state index in [4.69, 9.17) is 32.7 Å². The third-order valence-corrected chi connectivity index (χ3v) is 7.68. The van der Waals surface area contributed by atoms with Crippen molar-refractivity contribution in [3.8, 4) is 5.69 Å². The van der Waals surface area contributed by atoms with E-state index in [9.17, 15) is 19.2 Å². The normalized spacial score (nSPS) is 12.6. The average Bonchev–Trinajstić information content (AvgIpc) is 2.99. The molecule has 12 heteroatoms. The Morgan fingerprint density at radius 3 is 2.27 bits per heavy atom. The van der Waals surface area contributed by atoms with Crippen LogP contribution >= 0.6 is 23.2 Å². The van der Waals surface area contributed by atoms with Gasteiger partial charge in [0.05, 0.1) is 38.8 Å². The van der Waals surface area contributed by atoms with Gasteiger partial charge >= 0.3 is 11.7 Å². The molecule has 0 saturated carbocycles. The molecule has 3 aromatic carbocycles. The molecule has 1 aromatic heterocycles. The van der Waals surface area contributed by atoms with Gasteiger partial charge in [0.15, 0.2) is 0 Å². The monoisotopic (exact) mass is 640 g/mol. The van der Waals surface area contributed by atoms with Gasteiger partial charge in [-0.05, 0) is 61.0 Å². The zero-order chi connectivity index (χ0) is 32.0. The van der Waals surface area contributed by atoms with E-state index in [1.54, 1.807) is 56.4 Å². The molecule has 1 amide bonds. The maximum atomic E-state index is 13.5. The highest BCUT2D eigenvalue weighted by atomic mass is 35.5. The lowest BCUT2D eigenvalue weighted by Gasteiger charge is -2.21. The number of aromatic nitrogens is 2. The number of nitrogens with zero attached hydrogens (tertiary/aromatic N) is 2. The van der Waals surface area contributed by atoms with Crippen LogP contribution in [0.3, 0.4) is 0 Å². The highest BCUT2D eigenvalue weighted by Crippen LogP contribution is 2.24. The van der Waals surface area contributed by atoms with Gasteiger partial charge in [-0.2, -0.15) is 0 Å². The van der Waals surface area contributed by atoms with Gasteiger partial charge in [0.2, 0.25) is 0 Å². The molecule has 44 heavy (non-hydrogen) atoms. The van der Waals surface area contributed by atoms with E-state index in [-0.39, 0.29) is 28.6 Å². The van der Waals surface area contributed by atoms with Gasteiger partial charge in [-0.25, -0.2) is 14.2 Å². The summed E-state index contributed by atoms with van der Waals surface area (Å²) in [5.41, 5.74) is 1.56. The van der Waals surface area contributed by atoms with Crippen LogP contribution in [0.25, 0.3) is 16.6 Å². The summed E-state index contributed by atoms with van der Waals surface area (Å²) >= 11 is 12.4. The molecule has 0 aliphatic heterocycles. The number of amides is 1. The van der Waals surface area contributed by atoms with Gasteiger partial charge in [0.1, 0.15) is 12.1 Å². The molecular weight excluding hydrogens is 607 g/mol. The van der Waals surface area contributed by atoms with Crippen molar-refractivity contribution in [2.24, 2.45) is 7.05 Å². The van der Waals surface area contributed by atoms with Gasteiger partial charge in [-0.1, -0.05) is 54.4 Å². The topological polar surface area (TPSA) is 121 Å².